The Morgan fingerprint density at radius 2 is 2.25 bits per heavy atom. The maximum atomic E-state index is 12.5. The summed E-state index contributed by atoms with van der Waals surface area (Å²) in [5.41, 5.74) is 5.81. The number of hydrogen-bond acceptors (Lipinski definition) is 4. The molecule has 24 heavy (non-hydrogen) atoms. The predicted molar refractivity (Wildman–Crippen MR) is 90.8 cm³/mol. The number of nitrogens with one attached hydrogen (secondary N) is 2. The van der Waals surface area contributed by atoms with Gasteiger partial charge < -0.3 is 15.4 Å². The fraction of sp³-hybridized carbons (Fsp3) is 0.368. The van der Waals surface area contributed by atoms with Crippen molar-refractivity contribution in [2.75, 3.05) is 6.54 Å². The van der Waals surface area contributed by atoms with Crippen molar-refractivity contribution in [3.8, 4) is 5.75 Å². The highest BCUT2D eigenvalue weighted by atomic mass is 16.5. The van der Waals surface area contributed by atoms with Crippen LogP contribution in [0.5, 0.6) is 5.75 Å². The van der Waals surface area contributed by atoms with Crippen LogP contribution in [0, 0.1) is 6.92 Å². The maximum Gasteiger partial charge on any atom is 0.261 e. The van der Waals surface area contributed by atoms with Gasteiger partial charge in [-0.25, -0.2) is 0 Å². The first kappa shape index (κ1) is 15.1. The zero-order valence-corrected chi connectivity index (χ0v) is 13.8. The summed E-state index contributed by atoms with van der Waals surface area (Å²) < 4.78 is 5.76. The number of hydrogen-bond donors (Lipinski definition) is 2. The van der Waals surface area contributed by atoms with Gasteiger partial charge in [-0.2, -0.15) is 0 Å². The molecule has 5 heteroatoms. The molecule has 0 unspecified atom stereocenters. The minimum Gasteiger partial charge on any atom is -0.480 e. The Labute approximate surface area is 141 Å². The molecule has 0 radical (unpaired) electrons. The van der Waals surface area contributed by atoms with E-state index in [-0.39, 0.29) is 5.91 Å². The third-order valence-electron chi connectivity index (χ3n) is 4.85. The fourth-order valence-corrected chi connectivity index (χ4v) is 3.50. The Hall–Kier alpha value is -2.40. The normalized spacial score (nSPS) is 18.5. The lowest BCUT2D eigenvalue weighted by Crippen LogP contribution is -2.37. The SMILES string of the molecule is Cc1ncc2c(c1CNC(=O)[C@H]1Cc3ccccc3O1)CCNC2. The van der Waals surface area contributed by atoms with Crippen LogP contribution >= 0.6 is 0 Å². The minimum atomic E-state index is -0.433. The van der Waals surface area contributed by atoms with Crippen molar-refractivity contribution in [2.45, 2.75) is 39.0 Å². The molecule has 5 nitrogen and oxygen atoms in total. The molecule has 1 atom stereocenters. The van der Waals surface area contributed by atoms with Crippen molar-refractivity contribution in [3.05, 3.63) is 58.4 Å². The van der Waals surface area contributed by atoms with Crippen LogP contribution in [-0.4, -0.2) is 23.5 Å². The lowest BCUT2D eigenvalue weighted by atomic mass is 9.96. The van der Waals surface area contributed by atoms with Crippen molar-refractivity contribution in [1.82, 2.24) is 15.6 Å². The van der Waals surface area contributed by atoms with E-state index in [1.165, 1.54) is 11.1 Å². The molecule has 2 aromatic rings. The zero-order chi connectivity index (χ0) is 16.5. The molecule has 2 aliphatic heterocycles. The summed E-state index contributed by atoms with van der Waals surface area (Å²) in [7, 11) is 0. The number of pyridine rings is 1. The lowest BCUT2D eigenvalue weighted by molar-refractivity contribution is -0.127. The van der Waals surface area contributed by atoms with E-state index < -0.39 is 6.10 Å². The highest BCUT2D eigenvalue weighted by Gasteiger charge is 2.28. The molecule has 0 fully saturated rings. The Kier molecular flexibility index (Phi) is 3.94. The van der Waals surface area contributed by atoms with Crippen molar-refractivity contribution < 1.29 is 9.53 Å². The first-order valence-electron chi connectivity index (χ1n) is 8.41. The summed E-state index contributed by atoms with van der Waals surface area (Å²) >= 11 is 0. The number of ether oxygens (including phenoxy) is 1. The number of nitrogens with zero attached hydrogens (tertiary/aromatic N) is 1. The van der Waals surface area contributed by atoms with Gasteiger partial charge in [0.2, 0.25) is 0 Å². The third kappa shape index (κ3) is 2.76. The highest BCUT2D eigenvalue weighted by Crippen LogP contribution is 2.28. The van der Waals surface area contributed by atoms with E-state index in [9.17, 15) is 4.79 Å². The smallest absolute Gasteiger partial charge is 0.261 e. The Morgan fingerprint density at radius 3 is 3.12 bits per heavy atom. The topological polar surface area (TPSA) is 63.2 Å². The third-order valence-corrected chi connectivity index (χ3v) is 4.85. The molecule has 0 spiro atoms. The average molecular weight is 323 g/mol. The molecule has 2 aliphatic rings. The Balaban J connectivity index is 1.45. The van der Waals surface area contributed by atoms with Crippen molar-refractivity contribution >= 4 is 5.91 Å². The lowest BCUT2D eigenvalue weighted by Gasteiger charge is -2.22. The van der Waals surface area contributed by atoms with Gasteiger partial charge in [-0.1, -0.05) is 18.2 Å². The van der Waals surface area contributed by atoms with Gasteiger partial charge in [0.1, 0.15) is 5.75 Å². The van der Waals surface area contributed by atoms with E-state index >= 15 is 0 Å². The van der Waals surface area contributed by atoms with E-state index in [4.69, 9.17) is 4.74 Å². The number of para-hydroxylation sites is 1. The van der Waals surface area contributed by atoms with Gasteiger partial charge in [-0.3, -0.25) is 9.78 Å². The predicted octanol–water partition coefficient (Wildman–Crippen LogP) is 1.66. The second-order valence-electron chi connectivity index (χ2n) is 6.39. The van der Waals surface area contributed by atoms with E-state index in [1.807, 2.05) is 37.4 Å². The number of carbonyl (C=O) groups excluding carboxylic acids is 1. The molecule has 0 saturated heterocycles. The van der Waals surface area contributed by atoms with Crippen LogP contribution in [0.25, 0.3) is 0 Å². The zero-order valence-electron chi connectivity index (χ0n) is 13.8. The molecule has 0 bridgehead atoms. The summed E-state index contributed by atoms with van der Waals surface area (Å²) in [6.07, 6.45) is 3.13. The number of aryl methyl sites for hydroxylation is 1. The van der Waals surface area contributed by atoms with Crippen LogP contribution < -0.4 is 15.4 Å². The first-order valence-corrected chi connectivity index (χ1v) is 8.41. The Bertz CT molecular complexity index is 763. The monoisotopic (exact) mass is 323 g/mol. The number of fused-ring (bicyclic) bond motifs is 2. The molecule has 2 N–H and O–H groups in total. The summed E-state index contributed by atoms with van der Waals surface area (Å²) in [5.74, 6) is 0.760. The fourth-order valence-electron chi connectivity index (χ4n) is 3.50. The van der Waals surface area contributed by atoms with Crippen molar-refractivity contribution in [3.63, 3.8) is 0 Å². The number of amides is 1. The first-order chi connectivity index (χ1) is 11.7. The summed E-state index contributed by atoms with van der Waals surface area (Å²) in [5, 5.41) is 6.40. The van der Waals surface area contributed by atoms with Gasteiger partial charge in [-0.15, -0.1) is 0 Å². The molecule has 1 aromatic carbocycles. The average Bonchev–Trinajstić information content (AvgIpc) is 3.05. The Morgan fingerprint density at radius 1 is 1.38 bits per heavy atom. The summed E-state index contributed by atoms with van der Waals surface area (Å²) in [4.78, 5) is 17.0. The highest BCUT2D eigenvalue weighted by molar-refractivity contribution is 5.82. The van der Waals surface area contributed by atoms with Gasteiger partial charge in [0.05, 0.1) is 0 Å². The van der Waals surface area contributed by atoms with Crippen LogP contribution in [0.1, 0.15) is 27.9 Å². The molecule has 4 rings (SSSR count). The van der Waals surface area contributed by atoms with Gasteiger partial charge >= 0.3 is 0 Å². The largest absolute Gasteiger partial charge is 0.480 e. The summed E-state index contributed by atoms with van der Waals surface area (Å²) in [6.45, 7) is 4.34. The molecule has 0 saturated carbocycles. The van der Waals surface area contributed by atoms with Crippen molar-refractivity contribution in [2.24, 2.45) is 0 Å². The van der Waals surface area contributed by atoms with Gasteiger partial charge in [0.25, 0.3) is 5.91 Å². The quantitative estimate of drug-likeness (QED) is 0.902. The molecular weight excluding hydrogens is 302 g/mol. The second kappa shape index (κ2) is 6.24. The van der Waals surface area contributed by atoms with E-state index in [1.54, 1.807) is 0 Å². The van der Waals surface area contributed by atoms with Crippen molar-refractivity contribution in [1.29, 1.82) is 0 Å². The van der Waals surface area contributed by atoms with E-state index in [2.05, 4.69) is 15.6 Å². The maximum absolute atomic E-state index is 12.5. The molecule has 0 aliphatic carbocycles. The standard InChI is InChI=1S/C19H21N3O2/c1-12-16(15-6-7-20-9-14(15)10-21-12)11-22-19(23)18-8-13-4-2-3-5-17(13)24-18/h2-5,10,18,20H,6-9,11H2,1H3,(H,22,23)/t18-/m1/s1. The summed E-state index contributed by atoms with van der Waals surface area (Å²) in [6, 6.07) is 7.83. The van der Waals surface area contributed by atoms with Gasteiger partial charge in [0, 0.05) is 31.4 Å². The van der Waals surface area contributed by atoms with Crippen LogP contribution in [0.4, 0.5) is 0 Å². The number of benzene rings is 1. The van der Waals surface area contributed by atoms with E-state index in [0.717, 1.165) is 42.1 Å². The number of aromatic nitrogens is 1. The number of rotatable bonds is 3. The number of carbonyl (C=O) groups is 1. The van der Waals surface area contributed by atoms with Gasteiger partial charge in [0.15, 0.2) is 6.10 Å². The second-order valence-corrected chi connectivity index (χ2v) is 6.39. The molecule has 1 amide bonds. The van der Waals surface area contributed by atoms with Crippen LogP contribution in [0.3, 0.4) is 0 Å². The van der Waals surface area contributed by atoms with Crippen LogP contribution in [-0.2, 0) is 30.7 Å². The van der Waals surface area contributed by atoms with Crippen LogP contribution in [0.15, 0.2) is 30.5 Å². The molecule has 1 aromatic heterocycles. The van der Waals surface area contributed by atoms with Gasteiger partial charge in [-0.05, 0) is 48.2 Å². The van der Waals surface area contributed by atoms with E-state index in [0.29, 0.717) is 13.0 Å². The molecule has 3 heterocycles. The minimum absolute atomic E-state index is 0.0582. The van der Waals surface area contributed by atoms with Crippen LogP contribution in [0.2, 0.25) is 0 Å². The molecule has 124 valence electrons. The molecular formula is C19H21N3O2.